The number of carboxylic acids is 1. The van der Waals surface area contributed by atoms with Crippen molar-refractivity contribution in [1.29, 1.82) is 0 Å². The highest BCUT2D eigenvalue weighted by molar-refractivity contribution is 5.83. The number of likely N-dealkylation sites (tertiary alicyclic amines) is 1. The molecule has 1 aromatic rings. The van der Waals surface area contributed by atoms with Gasteiger partial charge >= 0.3 is 12.0 Å². The molecule has 6 heteroatoms. The number of benzene rings is 1. The van der Waals surface area contributed by atoms with Crippen LogP contribution in [0.1, 0.15) is 12.0 Å². The standard InChI is InChI=1S/C14H18N2O4/c17-11-8-12(13(18)19)16(9-11)14(20)15-7-6-10-4-2-1-3-5-10/h1-5,11-12,17H,6-9H2,(H,15,20)(H,18,19)/t11-,12+/m1/s1. The van der Waals surface area contributed by atoms with Gasteiger partial charge in [-0.3, -0.25) is 0 Å². The summed E-state index contributed by atoms with van der Waals surface area (Å²) in [6, 6.07) is 8.32. The van der Waals surface area contributed by atoms with Gasteiger partial charge in [0, 0.05) is 19.5 Å². The van der Waals surface area contributed by atoms with Crippen LogP contribution in [0.3, 0.4) is 0 Å². The Labute approximate surface area is 117 Å². The molecule has 0 unspecified atom stereocenters. The van der Waals surface area contributed by atoms with Crippen molar-refractivity contribution in [1.82, 2.24) is 10.2 Å². The van der Waals surface area contributed by atoms with Crippen molar-refractivity contribution in [2.24, 2.45) is 0 Å². The molecule has 0 aliphatic carbocycles. The fourth-order valence-electron chi connectivity index (χ4n) is 2.33. The molecule has 2 rings (SSSR count). The van der Waals surface area contributed by atoms with Crippen molar-refractivity contribution >= 4 is 12.0 Å². The summed E-state index contributed by atoms with van der Waals surface area (Å²) >= 11 is 0. The zero-order valence-electron chi connectivity index (χ0n) is 11.0. The van der Waals surface area contributed by atoms with E-state index in [-0.39, 0.29) is 13.0 Å². The van der Waals surface area contributed by atoms with Crippen molar-refractivity contribution in [2.45, 2.75) is 25.0 Å². The number of aliphatic hydroxyl groups excluding tert-OH is 1. The van der Waals surface area contributed by atoms with Crippen LogP contribution in [0.2, 0.25) is 0 Å². The molecule has 20 heavy (non-hydrogen) atoms. The minimum absolute atomic E-state index is 0.0636. The second-order valence-electron chi connectivity index (χ2n) is 4.86. The topological polar surface area (TPSA) is 89.9 Å². The number of amides is 2. The fourth-order valence-corrected chi connectivity index (χ4v) is 2.33. The molecular weight excluding hydrogens is 260 g/mol. The number of carbonyl (C=O) groups is 2. The van der Waals surface area contributed by atoms with Gasteiger partial charge in [0.25, 0.3) is 0 Å². The van der Waals surface area contributed by atoms with E-state index in [1.807, 2.05) is 30.3 Å². The predicted octanol–water partition coefficient (Wildman–Crippen LogP) is 0.459. The molecule has 1 aliphatic heterocycles. The average molecular weight is 278 g/mol. The SMILES string of the molecule is O=C(O)[C@@H]1C[C@@H](O)CN1C(=O)NCCc1ccccc1. The normalized spacial score (nSPS) is 21.8. The Morgan fingerprint density at radius 3 is 2.65 bits per heavy atom. The van der Waals surface area contributed by atoms with Gasteiger partial charge in [0.2, 0.25) is 0 Å². The summed E-state index contributed by atoms with van der Waals surface area (Å²) in [7, 11) is 0. The number of nitrogens with one attached hydrogen (secondary N) is 1. The number of hydrogen-bond acceptors (Lipinski definition) is 3. The van der Waals surface area contributed by atoms with E-state index in [4.69, 9.17) is 5.11 Å². The number of rotatable bonds is 4. The molecule has 108 valence electrons. The molecule has 6 nitrogen and oxygen atoms in total. The van der Waals surface area contributed by atoms with Crippen molar-refractivity contribution < 1.29 is 19.8 Å². The van der Waals surface area contributed by atoms with E-state index in [0.29, 0.717) is 13.0 Å². The Balaban J connectivity index is 1.84. The third kappa shape index (κ3) is 3.48. The minimum Gasteiger partial charge on any atom is -0.480 e. The Bertz CT molecular complexity index is 477. The maximum absolute atomic E-state index is 11.9. The van der Waals surface area contributed by atoms with Crippen molar-refractivity contribution in [2.75, 3.05) is 13.1 Å². The van der Waals surface area contributed by atoms with E-state index in [1.54, 1.807) is 0 Å². The molecule has 1 aromatic carbocycles. The number of hydrogen-bond donors (Lipinski definition) is 3. The second-order valence-corrected chi connectivity index (χ2v) is 4.86. The molecule has 0 radical (unpaired) electrons. The first-order chi connectivity index (χ1) is 9.58. The molecule has 1 aliphatic rings. The number of carbonyl (C=O) groups excluding carboxylic acids is 1. The molecule has 0 saturated carbocycles. The van der Waals surface area contributed by atoms with Gasteiger partial charge in [-0.1, -0.05) is 30.3 Å². The Morgan fingerprint density at radius 1 is 1.30 bits per heavy atom. The Hall–Kier alpha value is -2.08. The van der Waals surface area contributed by atoms with Gasteiger partial charge in [-0.05, 0) is 12.0 Å². The highest BCUT2D eigenvalue weighted by Crippen LogP contribution is 2.18. The van der Waals surface area contributed by atoms with E-state index < -0.39 is 24.1 Å². The molecule has 1 saturated heterocycles. The largest absolute Gasteiger partial charge is 0.480 e. The van der Waals surface area contributed by atoms with Crippen LogP contribution >= 0.6 is 0 Å². The lowest BCUT2D eigenvalue weighted by molar-refractivity contribution is -0.141. The number of aliphatic carboxylic acids is 1. The minimum atomic E-state index is -1.08. The second kappa shape index (κ2) is 6.38. The number of urea groups is 1. The summed E-state index contributed by atoms with van der Waals surface area (Å²) in [4.78, 5) is 24.1. The van der Waals surface area contributed by atoms with E-state index in [1.165, 1.54) is 4.90 Å². The van der Waals surface area contributed by atoms with Gasteiger partial charge in [0.1, 0.15) is 6.04 Å². The number of β-amino-alcohol motifs (C(OH)–C–C–N with tert-alkyl or cyclic N) is 1. The zero-order valence-corrected chi connectivity index (χ0v) is 11.0. The van der Waals surface area contributed by atoms with Crippen molar-refractivity contribution in [3.05, 3.63) is 35.9 Å². The van der Waals surface area contributed by atoms with Gasteiger partial charge in [0.05, 0.1) is 6.10 Å². The van der Waals surface area contributed by atoms with Crippen LogP contribution in [0, 0.1) is 0 Å². The van der Waals surface area contributed by atoms with Gasteiger partial charge in [-0.15, -0.1) is 0 Å². The first-order valence-electron chi connectivity index (χ1n) is 6.57. The third-order valence-corrected chi connectivity index (χ3v) is 3.36. The highest BCUT2D eigenvalue weighted by Gasteiger charge is 2.38. The molecule has 2 amide bonds. The molecule has 1 heterocycles. The smallest absolute Gasteiger partial charge is 0.326 e. The molecule has 0 bridgehead atoms. The van der Waals surface area contributed by atoms with Gasteiger partial charge in [-0.25, -0.2) is 9.59 Å². The van der Waals surface area contributed by atoms with E-state index in [0.717, 1.165) is 5.56 Å². The first kappa shape index (κ1) is 14.3. The maximum Gasteiger partial charge on any atom is 0.326 e. The van der Waals surface area contributed by atoms with Crippen molar-refractivity contribution in [3.8, 4) is 0 Å². The lowest BCUT2D eigenvalue weighted by Gasteiger charge is -2.21. The highest BCUT2D eigenvalue weighted by atomic mass is 16.4. The molecule has 3 N–H and O–H groups in total. The summed E-state index contributed by atoms with van der Waals surface area (Å²) in [6.07, 6.45) is -0.00160. The fraction of sp³-hybridized carbons (Fsp3) is 0.429. The van der Waals surface area contributed by atoms with Crippen LogP contribution in [0.15, 0.2) is 30.3 Å². The molecule has 0 spiro atoms. The van der Waals surface area contributed by atoms with Crippen LogP contribution in [0.5, 0.6) is 0 Å². The summed E-state index contributed by atoms with van der Waals surface area (Å²) < 4.78 is 0. The Morgan fingerprint density at radius 2 is 2.00 bits per heavy atom. The monoisotopic (exact) mass is 278 g/mol. The quantitative estimate of drug-likeness (QED) is 0.746. The van der Waals surface area contributed by atoms with E-state index in [2.05, 4.69) is 5.32 Å². The van der Waals surface area contributed by atoms with Crippen LogP contribution < -0.4 is 5.32 Å². The van der Waals surface area contributed by atoms with Crippen LogP contribution in [0.25, 0.3) is 0 Å². The van der Waals surface area contributed by atoms with Crippen LogP contribution in [0.4, 0.5) is 4.79 Å². The van der Waals surface area contributed by atoms with Crippen LogP contribution in [-0.2, 0) is 11.2 Å². The number of aliphatic hydroxyl groups is 1. The lowest BCUT2D eigenvalue weighted by Crippen LogP contribution is -2.46. The first-order valence-corrected chi connectivity index (χ1v) is 6.57. The van der Waals surface area contributed by atoms with Gasteiger partial charge in [0.15, 0.2) is 0 Å². The van der Waals surface area contributed by atoms with Crippen molar-refractivity contribution in [3.63, 3.8) is 0 Å². The number of nitrogens with zero attached hydrogens (tertiary/aromatic N) is 1. The summed E-state index contributed by atoms with van der Waals surface area (Å²) in [5.41, 5.74) is 1.10. The number of carboxylic acid groups (broad SMARTS) is 1. The molecule has 1 fully saturated rings. The van der Waals surface area contributed by atoms with Gasteiger partial charge in [-0.2, -0.15) is 0 Å². The zero-order chi connectivity index (χ0) is 14.5. The van der Waals surface area contributed by atoms with E-state index in [9.17, 15) is 14.7 Å². The predicted molar refractivity (Wildman–Crippen MR) is 72.3 cm³/mol. The summed E-state index contributed by atoms with van der Waals surface area (Å²) in [5.74, 6) is -1.08. The lowest BCUT2D eigenvalue weighted by atomic mass is 10.1. The molecule has 0 aromatic heterocycles. The van der Waals surface area contributed by atoms with Gasteiger partial charge < -0.3 is 20.4 Å². The molecule has 2 atom stereocenters. The third-order valence-electron chi connectivity index (χ3n) is 3.36. The maximum atomic E-state index is 11.9. The summed E-state index contributed by atoms with van der Waals surface area (Å²) in [6.45, 7) is 0.496. The summed E-state index contributed by atoms with van der Waals surface area (Å²) in [5, 5.41) is 21.2. The van der Waals surface area contributed by atoms with E-state index >= 15 is 0 Å². The average Bonchev–Trinajstić information content (AvgIpc) is 2.82. The Kier molecular flexibility index (Phi) is 4.57. The molecular formula is C14H18N2O4. The van der Waals surface area contributed by atoms with Crippen LogP contribution in [-0.4, -0.2) is 52.3 Å².